The Kier molecular flexibility index (Phi) is 3.61. The SMILES string of the molecule is O=C(C1CC1)N1CCC(NC2CCSC2)CC1. The Bertz CT molecular complexity index is 279. The molecule has 2 saturated heterocycles. The first-order chi connectivity index (χ1) is 8.33. The normalized spacial score (nSPS) is 30.8. The molecule has 3 aliphatic rings. The van der Waals surface area contributed by atoms with Crippen LogP contribution in [0.25, 0.3) is 0 Å². The van der Waals surface area contributed by atoms with Gasteiger partial charge in [-0.15, -0.1) is 0 Å². The van der Waals surface area contributed by atoms with E-state index in [0.717, 1.165) is 44.8 Å². The zero-order chi connectivity index (χ0) is 11.7. The summed E-state index contributed by atoms with van der Waals surface area (Å²) in [5, 5.41) is 3.76. The standard InChI is InChI=1S/C13H22N2OS/c16-13(10-1-2-10)15-6-3-11(4-7-15)14-12-5-8-17-9-12/h10-12,14H,1-9H2. The second-order valence-corrected chi connectivity index (χ2v) is 6.75. The Labute approximate surface area is 108 Å². The molecule has 3 fully saturated rings. The molecule has 1 N–H and O–H groups in total. The predicted molar refractivity (Wildman–Crippen MR) is 71.2 cm³/mol. The number of thioether (sulfide) groups is 1. The van der Waals surface area contributed by atoms with Gasteiger partial charge in [0.05, 0.1) is 0 Å². The number of nitrogens with one attached hydrogen (secondary N) is 1. The summed E-state index contributed by atoms with van der Waals surface area (Å²) in [7, 11) is 0. The Morgan fingerprint density at radius 1 is 1.06 bits per heavy atom. The fraction of sp³-hybridized carbons (Fsp3) is 0.923. The summed E-state index contributed by atoms with van der Waals surface area (Å²) in [4.78, 5) is 14.0. The molecule has 3 rings (SSSR count). The van der Waals surface area contributed by atoms with E-state index >= 15 is 0 Å². The maximum Gasteiger partial charge on any atom is 0.225 e. The van der Waals surface area contributed by atoms with E-state index < -0.39 is 0 Å². The maximum absolute atomic E-state index is 11.9. The van der Waals surface area contributed by atoms with Crippen LogP contribution in [0.4, 0.5) is 0 Å². The van der Waals surface area contributed by atoms with Gasteiger partial charge in [0, 0.05) is 36.8 Å². The summed E-state index contributed by atoms with van der Waals surface area (Å²) in [6.07, 6.45) is 5.90. The van der Waals surface area contributed by atoms with E-state index in [2.05, 4.69) is 22.0 Å². The predicted octanol–water partition coefficient (Wildman–Crippen LogP) is 1.48. The van der Waals surface area contributed by atoms with Crippen LogP contribution in [0.15, 0.2) is 0 Å². The average molecular weight is 254 g/mol. The van der Waals surface area contributed by atoms with Crippen molar-refractivity contribution in [3.8, 4) is 0 Å². The summed E-state index contributed by atoms with van der Waals surface area (Å²) in [6.45, 7) is 1.96. The van der Waals surface area contributed by atoms with E-state index in [0.29, 0.717) is 17.9 Å². The number of nitrogens with zero attached hydrogens (tertiary/aromatic N) is 1. The van der Waals surface area contributed by atoms with Crippen molar-refractivity contribution in [3.05, 3.63) is 0 Å². The highest BCUT2D eigenvalue weighted by Crippen LogP contribution is 2.32. The van der Waals surface area contributed by atoms with Crippen molar-refractivity contribution in [1.29, 1.82) is 0 Å². The number of likely N-dealkylation sites (tertiary alicyclic amines) is 1. The second-order valence-electron chi connectivity index (χ2n) is 5.60. The minimum Gasteiger partial charge on any atom is -0.342 e. The lowest BCUT2D eigenvalue weighted by atomic mass is 10.0. The van der Waals surface area contributed by atoms with E-state index in [1.165, 1.54) is 17.9 Å². The maximum atomic E-state index is 11.9. The molecule has 3 nitrogen and oxygen atoms in total. The molecule has 0 aromatic carbocycles. The molecule has 1 aliphatic carbocycles. The largest absolute Gasteiger partial charge is 0.342 e. The van der Waals surface area contributed by atoms with Gasteiger partial charge in [0.2, 0.25) is 5.91 Å². The van der Waals surface area contributed by atoms with Crippen LogP contribution in [-0.2, 0) is 4.79 Å². The fourth-order valence-corrected chi connectivity index (χ4v) is 4.02. The van der Waals surface area contributed by atoms with E-state index in [1.54, 1.807) is 0 Å². The van der Waals surface area contributed by atoms with Crippen molar-refractivity contribution in [2.24, 2.45) is 5.92 Å². The molecular formula is C13H22N2OS. The third-order valence-electron chi connectivity index (χ3n) is 4.13. The Hall–Kier alpha value is -0.220. The second kappa shape index (κ2) is 5.19. The lowest BCUT2D eigenvalue weighted by molar-refractivity contribution is -0.133. The number of carbonyl (C=O) groups excluding carboxylic acids is 1. The fourth-order valence-electron chi connectivity index (χ4n) is 2.85. The van der Waals surface area contributed by atoms with Crippen molar-refractivity contribution in [1.82, 2.24) is 10.2 Å². The number of hydrogen-bond acceptors (Lipinski definition) is 3. The van der Waals surface area contributed by atoms with Gasteiger partial charge >= 0.3 is 0 Å². The topological polar surface area (TPSA) is 32.3 Å². The smallest absolute Gasteiger partial charge is 0.225 e. The minimum absolute atomic E-state index is 0.394. The molecule has 0 aromatic heterocycles. The van der Waals surface area contributed by atoms with Gasteiger partial charge in [-0.05, 0) is 37.9 Å². The summed E-state index contributed by atoms with van der Waals surface area (Å²) >= 11 is 2.06. The molecule has 96 valence electrons. The van der Waals surface area contributed by atoms with Crippen molar-refractivity contribution >= 4 is 17.7 Å². The highest BCUT2D eigenvalue weighted by molar-refractivity contribution is 7.99. The molecule has 1 atom stereocenters. The van der Waals surface area contributed by atoms with Gasteiger partial charge < -0.3 is 10.2 Å². The van der Waals surface area contributed by atoms with E-state index in [1.807, 2.05) is 0 Å². The molecule has 1 saturated carbocycles. The van der Waals surface area contributed by atoms with E-state index in [4.69, 9.17) is 0 Å². The summed E-state index contributed by atoms with van der Waals surface area (Å²) in [6, 6.07) is 1.39. The molecule has 1 unspecified atom stereocenters. The van der Waals surface area contributed by atoms with Gasteiger partial charge in [0.15, 0.2) is 0 Å². The van der Waals surface area contributed by atoms with Gasteiger partial charge in [0.25, 0.3) is 0 Å². The van der Waals surface area contributed by atoms with Gasteiger partial charge in [0.1, 0.15) is 0 Å². The Morgan fingerprint density at radius 3 is 2.41 bits per heavy atom. The number of amides is 1. The quantitative estimate of drug-likeness (QED) is 0.828. The number of hydrogen-bond donors (Lipinski definition) is 1. The van der Waals surface area contributed by atoms with Gasteiger partial charge in [-0.3, -0.25) is 4.79 Å². The molecule has 17 heavy (non-hydrogen) atoms. The van der Waals surface area contributed by atoms with Crippen molar-refractivity contribution in [3.63, 3.8) is 0 Å². The Balaban J connectivity index is 1.41. The summed E-state index contributed by atoms with van der Waals surface area (Å²) < 4.78 is 0. The van der Waals surface area contributed by atoms with Crippen LogP contribution in [0.3, 0.4) is 0 Å². The Morgan fingerprint density at radius 2 is 1.82 bits per heavy atom. The van der Waals surface area contributed by atoms with Gasteiger partial charge in [-0.25, -0.2) is 0 Å². The van der Waals surface area contributed by atoms with E-state index in [9.17, 15) is 4.79 Å². The summed E-state index contributed by atoms with van der Waals surface area (Å²) in [5.41, 5.74) is 0. The molecule has 0 aromatic rings. The van der Waals surface area contributed by atoms with Crippen LogP contribution >= 0.6 is 11.8 Å². The van der Waals surface area contributed by atoms with Crippen molar-refractivity contribution in [2.75, 3.05) is 24.6 Å². The highest BCUT2D eigenvalue weighted by atomic mass is 32.2. The van der Waals surface area contributed by atoms with Crippen LogP contribution in [0, 0.1) is 5.92 Å². The van der Waals surface area contributed by atoms with Crippen molar-refractivity contribution < 1.29 is 4.79 Å². The number of piperidine rings is 1. The van der Waals surface area contributed by atoms with E-state index in [-0.39, 0.29) is 0 Å². The molecular weight excluding hydrogens is 232 g/mol. The van der Waals surface area contributed by atoms with Gasteiger partial charge in [-0.1, -0.05) is 0 Å². The highest BCUT2D eigenvalue weighted by Gasteiger charge is 2.35. The third kappa shape index (κ3) is 2.97. The molecule has 0 spiro atoms. The lowest BCUT2D eigenvalue weighted by Crippen LogP contribution is -2.48. The average Bonchev–Trinajstić information content (AvgIpc) is 3.09. The summed E-state index contributed by atoms with van der Waals surface area (Å²) in [5.74, 6) is 3.42. The number of rotatable bonds is 3. The molecule has 0 radical (unpaired) electrons. The molecule has 0 bridgehead atoms. The van der Waals surface area contributed by atoms with Crippen LogP contribution in [0.2, 0.25) is 0 Å². The van der Waals surface area contributed by atoms with Crippen LogP contribution in [-0.4, -0.2) is 47.5 Å². The molecule has 2 aliphatic heterocycles. The van der Waals surface area contributed by atoms with Crippen LogP contribution < -0.4 is 5.32 Å². The zero-order valence-electron chi connectivity index (χ0n) is 10.4. The monoisotopic (exact) mass is 254 g/mol. The lowest BCUT2D eigenvalue weighted by Gasteiger charge is -2.34. The first-order valence-corrected chi connectivity index (χ1v) is 8.11. The molecule has 2 heterocycles. The zero-order valence-corrected chi connectivity index (χ0v) is 11.2. The number of carbonyl (C=O) groups is 1. The van der Waals surface area contributed by atoms with Crippen molar-refractivity contribution in [2.45, 2.75) is 44.2 Å². The first-order valence-electron chi connectivity index (χ1n) is 6.95. The molecule has 1 amide bonds. The third-order valence-corrected chi connectivity index (χ3v) is 5.30. The molecule has 4 heteroatoms. The minimum atomic E-state index is 0.394. The van der Waals surface area contributed by atoms with Gasteiger partial charge in [-0.2, -0.15) is 11.8 Å². The van der Waals surface area contributed by atoms with Crippen LogP contribution in [0.1, 0.15) is 32.1 Å². The van der Waals surface area contributed by atoms with Crippen LogP contribution in [0.5, 0.6) is 0 Å². The first kappa shape index (κ1) is 11.8.